The molecule has 3 nitrogen and oxygen atoms in total. The van der Waals surface area contributed by atoms with Gasteiger partial charge in [-0.2, -0.15) is 5.10 Å². The molecule has 3 heteroatoms. The maximum Gasteiger partial charge on any atom is 0.0682 e. The number of benzene rings is 1. The topological polar surface area (TPSA) is 29.9 Å². The quantitative estimate of drug-likeness (QED) is 0.832. The van der Waals surface area contributed by atoms with Crippen LogP contribution in [0, 0.1) is 0 Å². The van der Waals surface area contributed by atoms with Crippen molar-refractivity contribution < 1.29 is 0 Å². The number of aromatic nitrogens is 2. The Balaban J connectivity index is 1.47. The SMILES string of the molecule is c1ccc2c(c1)cnn2CCCNC1CCCCC1. The Morgan fingerprint density at radius 2 is 2.00 bits per heavy atom. The maximum atomic E-state index is 4.47. The van der Waals surface area contributed by atoms with Gasteiger partial charge in [0.15, 0.2) is 0 Å². The van der Waals surface area contributed by atoms with Gasteiger partial charge in [0.2, 0.25) is 0 Å². The molecule has 0 bridgehead atoms. The van der Waals surface area contributed by atoms with Gasteiger partial charge in [-0.15, -0.1) is 0 Å². The number of fused-ring (bicyclic) bond motifs is 1. The highest BCUT2D eigenvalue weighted by Crippen LogP contribution is 2.17. The number of rotatable bonds is 5. The van der Waals surface area contributed by atoms with Crippen LogP contribution in [0.1, 0.15) is 38.5 Å². The zero-order valence-corrected chi connectivity index (χ0v) is 11.5. The molecule has 0 amide bonds. The third-order valence-corrected chi connectivity index (χ3v) is 4.14. The minimum Gasteiger partial charge on any atom is -0.314 e. The highest BCUT2D eigenvalue weighted by atomic mass is 15.3. The fraction of sp³-hybridized carbons (Fsp3) is 0.562. The minimum absolute atomic E-state index is 0.767. The maximum absolute atomic E-state index is 4.47. The lowest BCUT2D eigenvalue weighted by molar-refractivity contribution is 0.368. The molecule has 102 valence electrons. The first kappa shape index (κ1) is 12.7. The molecule has 1 aliphatic rings. The number of hydrogen-bond acceptors (Lipinski definition) is 2. The first-order valence-corrected chi connectivity index (χ1v) is 7.57. The predicted molar refractivity (Wildman–Crippen MR) is 79.2 cm³/mol. The third kappa shape index (κ3) is 3.16. The lowest BCUT2D eigenvalue weighted by Gasteiger charge is -2.22. The molecule has 1 heterocycles. The van der Waals surface area contributed by atoms with E-state index in [2.05, 4.69) is 39.4 Å². The van der Waals surface area contributed by atoms with Crippen molar-refractivity contribution in [2.75, 3.05) is 6.54 Å². The molecule has 0 atom stereocenters. The number of nitrogens with zero attached hydrogens (tertiary/aromatic N) is 2. The number of aryl methyl sites for hydroxylation is 1. The average Bonchev–Trinajstić information content (AvgIpc) is 2.88. The van der Waals surface area contributed by atoms with Crippen LogP contribution in [-0.4, -0.2) is 22.4 Å². The van der Waals surface area contributed by atoms with Gasteiger partial charge in [-0.3, -0.25) is 4.68 Å². The summed E-state index contributed by atoms with van der Waals surface area (Å²) in [7, 11) is 0. The van der Waals surface area contributed by atoms with Crippen LogP contribution >= 0.6 is 0 Å². The minimum atomic E-state index is 0.767. The average molecular weight is 257 g/mol. The molecule has 1 aromatic heterocycles. The van der Waals surface area contributed by atoms with Gasteiger partial charge in [0.25, 0.3) is 0 Å². The van der Waals surface area contributed by atoms with E-state index in [4.69, 9.17) is 0 Å². The summed E-state index contributed by atoms with van der Waals surface area (Å²) in [6.45, 7) is 2.12. The molecule has 1 N–H and O–H groups in total. The molecule has 1 fully saturated rings. The van der Waals surface area contributed by atoms with Gasteiger partial charge in [-0.05, 0) is 31.9 Å². The zero-order valence-electron chi connectivity index (χ0n) is 11.5. The normalized spacial score (nSPS) is 17.1. The van der Waals surface area contributed by atoms with Crippen LogP contribution in [0.5, 0.6) is 0 Å². The van der Waals surface area contributed by atoms with E-state index in [1.165, 1.54) is 43.0 Å². The van der Waals surface area contributed by atoms with Gasteiger partial charge in [0, 0.05) is 18.0 Å². The van der Waals surface area contributed by atoms with Crippen molar-refractivity contribution in [3.05, 3.63) is 30.5 Å². The van der Waals surface area contributed by atoms with Crippen LogP contribution in [0.4, 0.5) is 0 Å². The van der Waals surface area contributed by atoms with Gasteiger partial charge in [-0.25, -0.2) is 0 Å². The Morgan fingerprint density at radius 1 is 1.16 bits per heavy atom. The molecular weight excluding hydrogens is 234 g/mol. The van der Waals surface area contributed by atoms with Crippen molar-refractivity contribution in [1.82, 2.24) is 15.1 Å². The van der Waals surface area contributed by atoms with Crippen LogP contribution in [0.2, 0.25) is 0 Å². The molecule has 0 radical (unpaired) electrons. The van der Waals surface area contributed by atoms with Crippen LogP contribution in [0.25, 0.3) is 10.9 Å². The Kier molecular flexibility index (Phi) is 4.13. The monoisotopic (exact) mass is 257 g/mol. The standard InChI is InChI=1S/C16H23N3/c1-2-8-15(9-3-1)17-11-6-12-19-16-10-5-4-7-14(16)13-18-19/h4-5,7,10,13,15,17H,1-3,6,8-9,11-12H2. The van der Waals surface area contributed by atoms with E-state index in [1.807, 2.05) is 6.20 Å². The fourth-order valence-electron chi connectivity index (χ4n) is 3.05. The first-order chi connectivity index (χ1) is 9.43. The molecule has 1 aromatic carbocycles. The van der Waals surface area contributed by atoms with E-state index >= 15 is 0 Å². The van der Waals surface area contributed by atoms with E-state index in [-0.39, 0.29) is 0 Å². The van der Waals surface area contributed by atoms with Crippen LogP contribution < -0.4 is 5.32 Å². The molecule has 1 saturated carbocycles. The third-order valence-electron chi connectivity index (χ3n) is 4.14. The Labute approximate surface area is 115 Å². The molecule has 19 heavy (non-hydrogen) atoms. The van der Waals surface area contributed by atoms with E-state index < -0.39 is 0 Å². The van der Waals surface area contributed by atoms with Crippen molar-refractivity contribution in [1.29, 1.82) is 0 Å². The summed E-state index contributed by atoms with van der Waals surface area (Å²) in [6, 6.07) is 9.19. The molecule has 2 aromatic rings. The smallest absolute Gasteiger partial charge is 0.0682 e. The molecule has 1 aliphatic carbocycles. The van der Waals surface area contributed by atoms with E-state index in [1.54, 1.807) is 0 Å². The van der Waals surface area contributed by atoms with E-state index in [0.29, 0.717) is 0 Å². The lowest BCUT2D eigenvalue weighted by Crippen LogP contribution is -2.32. The van der Waals surface area contributed by atoms with Gasteiger partial charge in [0.05, 0.1) is 11.7 Å². The second kappa shape index (κ2) is 6.20. The lowest BCUT2D eigenvalue weighted by atomic mass is 9.95. The Bertz CT molecular complexity index is 511. The van der Waals surface area contributed by atoms with E-state index in [0.717, 1.165) is 25.6 Å². The van der Waals surface area contributed by atoms with Gasteiger partial charge in [0.1, 0.15) is 0 Å². The van der Waals surface area contributed by atoms with Gasteiger partial charge < -0.3 is 5.32 Å². The molecule has 0 saturated heterocycles. The second-order valence-electron chi connectivity index (χ2n) is 5.57. The van der Waals surface area contributed by atoms with Gasteiger partial charge >= 0.3 is 0 Å². The van der Waals surface area contributed by atoms with Crippen molar-refractivity contribution in [2.45, 2.75) is 51.1 Å². The summed E-state index contributed by atoms with van der Waals surface area (Å²) in [6.07, 6.45) is 10.1. The van der Waals surface area contributed by atoms with E-state index in [9.17, 15) is 0 Å². The van der Waals surface area contributed by atoms with Crippen molar-refractivity contribution >= 4 is 10.9 Å². The Morgan fingerprint density at radius 3 is 2.89 bits per heavy atom. The highest BCUT2D eigenvalue weighted by molar-refractivity contribution is 5.78. The first-order valence-electron chi connectivity index (χ1n) is 7.57. The molecule has 3 rings (SSSR count). The summed E-state index contributed by atoms with van der Waals surface area (Å²) in [5.74, 6) is 0. The number of para-hydroxylation sites is 1. The summed E-state index contributed by atoms with van der Waals surface area (Å²) >= 11 is 0. The second-order valence-corrected chi connectivity index (χ2v) is 5.57. The summed E-state index contributed by atoms with van der Waals surface area (Å²) in [5, 5.41) is 9.40. The zero-order chi connectivity index (χ0) is 12.9. The number of hydrogen-bond donors (Lipinski definition) is 1. The largest absolute Gasteiger partial charge is 0.314 e. The predicted octanol–water partition coefficient (Wildman–Crippen LogP) is 3.35. The summed E-state index contributed by atoms with van der Waals surface area (Å²) in [5.41, 5.74) is 1.25. The van der Waals surface area contributed by atoms with Crippen molar-refractivity contribution in [3.8, 4) is 0 Å². The molecule has 0 aliphatic heterocycles. The fourth-order valence-corrected chi connectivity index (χ4v) is 3.05. The Hall–Kier alpha value is -1.35. The summed E-state index contributed by atoms with van der Waals surface area (Å²) in [4.78, 5) is 0. The van der Waals surface area contributed by atoms with Crippen LogP contribution in [0.15, 0.2) is 30.5 Å². The van der Waals surface area contributed by atoms with Gasteiger partial charge in [-0.1, -0.05) is 37.5 Å². The highest BCUT2D eigenvalue weighted by Gasteiger charge is 2.11. The van der Waals surface area contributed by atoms with Crippen molar-refractivity contribution in [3.63, 3.8) is 0 Å². The van der Waals surface area contributed by atoms with Crippen LogP contribution in [-0.2, 0) is 6.54 Å². The molecule has 0 unspecified atom stereocenters. The summed E-state index contributed by atoms with van der Waals surface area (Å²) < 4.78 is 2.12. The molecule has 0 spiro atoms. The number of nitrogens with one attached hydrogen (secondary N) is 1. The van der Waals surface area contributed by atoms with Crippen molar-refractivity contribution in [2.24, 2.45) is 0 Å². The van der Waals surface area contributed by atoms with Crippen LogP contribution in [0.3, 0.4) is 0 Å². The molecular formula is C16H23N3.